The summed E-state index contributed by atoms with van der Waals surface area (Å²) in [7, 11) is -3.44. The molecule has 0 bridgehead atoms. The number of sulfonamides is 1. The Morgan fingerprint density at radius 1 is 1.07 bits per heavy atom. The molecule has 3 rings (SSSR count). The van der Waals surface area contributed by atoms with Gasteiger partial charge in [0.05, 0.1) is 18.1 Å². The maximum atomic E-state index is 12.5. The molecular formula is C20H30N2O5S. The molecule has 0 unspecified atom stereocenters. The van der Waals surface area contributed by atoms with Gasteiger partial charge in [-0.25, -0.2) is 8.42 Å². The van der Waals surface area contributed by atoms with Crippen LogP contribution in [0.5, 0.6) is 0 Å². The fraction of sp³-hybridized carbons (Fsp3) is 0.650. The number of ether oxygens (including phenoxy) is 2. The summed E-state index contributed by atoms with van der Waals surface area (Å²) in [4.78, 5) is 14.7. The highest BCUT2D eigenvalue weighted by atomic mass is 32.2. The minimum Gasteiger partial charge on any atom is -0.347 e. The first-order valence-corrected chi connectivity index (χ1v) is 11.5. The van der Waals surface area contributed by atoms with Crippen molar-refractivity contribution in [3.8, 4) is 0 Å². The van der Waals surface area contributed by atoms with E-state index in [-0.39, 0.29) is 5.91 Å². The van der Waals surface area contributed by atoms with Crippen LogP contribution in [0.25, 0.3) is 0 Å². The Morgan fingerprint density at radius 2 is 1.64 bits per heavy atom. The largest absolute Gasteiger partial charge is 0.347 e. The third kappa shape index (κ3) is 4.56. The predicted octanol–water partition coefficient (Wildman–Crippen LogP) is 2.02. The van der Waals surface area contributed by atoms with Crippen LogP contribution in [0, 0.1) is 0 Å². The Kier molecular flexibility index (Phi) is 6.75. The van der Waals surface area contributed by atoms with Crippen LogP contribution in [0.4, 0.5) is 0 Å². The summed E-state index contributed by atoms with van der Waals surface area (Å²) in [5.41, 5.74) is 0.961. The zero-order valence-corrected chi connectivity index (χ0v) is 17.5. The summed E-state index contributed by atoms with van der Waals surface area (Å²) in [6.45, 7) is 7.12. The van der Waals surface area contributed by atoms with E-state index in [1.165, 1.54) is 4.31 Å². The molecule has 0 aromatic heterocycles. The first kappa shape index (κ1) is 21.2. The van der Waals surface area contributed by atoms with E-state index in [9.17, 15) is 13.2 Å². The number of likely N-dealkylation sites (tertiary alicyclic amines) is 1. The predicted molar refractivity (Wildman–Crippen MR) is 105 cm³/mol. The highest BCUT2D eigenvalue weighted by Gasteiger charge is 2.40. The van der Waals surface area contributed by atoms with Gasteiger partial charge in [-0.05, 0) is 24.1 Å². The van der Waals surface area contributed by atoms with Crippen molar-refractivity contribution in [3.63, 3.8) is 0 Å². The molecule has 8 heteroatoms. The number of nitrogens with zero attached hydrogens (tertiary/aromatic N) is 2. The SMILES string of the molecule is CCN(CC)S(=O)(=O)c1ccc(CCC(=O)N2CCC3(CC2)OCCO3)cc1. The van der Waals surface area contributed by atoms with Crippen molar-refractivity contribution in [1.29, 1.82) is 0 Å². The molecule has 0 atom stereocenters. The number of hydrogen-bond donors (Lipinski definition) is 0. The molecule has 1 aromatic carbocycles. The second kappa shape index (κ2) is 8.90. The maximum Gasteiger partial charge on any atom is 0.243 e. The molecule has 0 saturated carbocycles. The minimum atomic E-state index is -3.44. The van der Waals surface area contributed by atoms with E-state index >= 15 is 0 Å². The van der Waals surface area contributed by atoms with Gasteiger partial charge in [-0.1, -0.05) is 26.0 Å². The molecule has 0 radical (unpaired) electrons. The third-order valence-corrected chi connectivity index (χ3v) is 7.65. The van der Waals surface area contributed by atoms with E-state index in [0.29, 0.717) is 57.1 Å². The average molecular weight is 411 g/mol. The van der Waals surface area contributed by atoms with Crippen molar-refractivity contribution >= 4 is 15.9 Å². The number of aryl methyl sites for hydroxylation is 1. The van der Waals surface area contributed by atoms with Crippen molar-refractivity contribution in [3.05, 3.63) is 29.8 Å². The lowest BCUT2D eigenvalue weighted by Crippen LogP contribution is -2.47. The van der Waals surface area contributed by atoms with Crippen LogP contribution in [-0.4, -0.2) is 68.7 Å². The smallest absolute Gasteiger partial charge is 0.243 e. The monoisotopic (exact) mass is 410 g/mol. The van der Waals surface area contributed by atoms with Crippen LogP contribution >= 0.6 is 0 Å². The van der Waals surface area contributed by atoms with Crippen molar-refractivity contribution in [2.75, 3.05) is 39.4 Å². The first-order chi connectivity index (χ1) is 13.4. The molecule has 2 saturated heterocycles. The molecule has 2 aliphatic rings. The first-order valence-electron chi connectivity index (χ1n) is 10.0. The zero-order chi connectivity index (χ0) is 20.2. The van der Waals surface area contributed by atoms with Crippen LogP contribution in [0.2, 0.25) is 0 Å². The molecular weight excluding hydrogens is 380 g/mol. The summed E-state index contributed by atoms with van der Waals surface area (Å²) in [6.07, 6.45) is 2.45. The van der Waals surface area contributed by atoms with Crippen LogP contribution in [0.15, 0.2) is 29.2 Å². The second-order valence-corrected chi connectivity index (χ2v) is 9.16. The topological polar surface area (TPSA) is 76.2 Å². The fourth-order valence-electron chi connectivity index (χ4n) is 3.83. The number of carbonyl (C=O) groups is 1. The lowest BCUT2D eigenvalue weighted by molar-refractivity contribution is -0.187. The second-order valence-electron chi connectivity index (χ2n) is 7.22. The normalized spacial score (nSPS) is 19.5. The summed E-state index contributed by atoms with van der Waals surface area (Å²) < 4.78 is 37.9. The van der Waals surface area contributed by atoms with Crippen LogP contribution in [0.1, 0.15) is 38.7 Å². The van der Waals surface area contributed by atoms with Crippen LogP contribution in [-0.2, 0) is 30.7 Å². The number of piperidine rings is 1. The van der Waals surface area contributed by atoms with Gasteiger partial charge >= 0.3 is 0 Å². The van der Waals surface area contributed by atoms with Crippen molar-refractivity contribution in [2.45, 2.75) is 50.2 Å². The molecule has 2 aliphatic heterocycles. The van der Waals surface area contributed by atoms with E-state index < -0.39 is 15.8 Å². The Morgan fingerprint density at radius 3 is 2.18 bits per heavy atom. The minimum absolute atomic E-state index is 0.118. The highest BCUT2D eigenvalue weighted by molar-refractivity contribution is 7.89. The van der Waals surface area contributed by atoms with Gasteiger partial charge in [0.25, 0.3) is 0 Å². The van der Waals surface area contributed by atoms with Gasteiger partial charge in [0.15, 0.2) is 5.79 Å². The van der Waals surface area contributed by atoms with Crippen molar-refractivity contribution < 1.29 is 22.7 Å². The zero-order valence-electron chi connectivity index (χ0n) is 16.7. The van der Waals surface area contributed by atoms with Crippen molar-refractivity contribution in [1.82, 2.24) is 9.21 Å². The van der Waals surface area contributed by atoms with Gasteiger partial charge in [0.1, 0.15) is 0 Å². The molecule has 1 amide bonds. The number of hydrogen-bond acceptors (Lipinski definition) is 5. The molecule has 156 valence electrons. The number of benzene rings is 1. The van der Waals surface area contributed by atoms with Gasteiger partial charge in [-0.2, -0.15) is 4.31 Å². The van der Waals surface area contributed by atoms with E-state index in [0.717, 1.165) is 18.4 Å². The molecule has 2 heterocycles. The molecule has 7 nitrogen and oxygen atoms in total. The average Bonchev–Trinajstić information content (AvgIpc) is 3.15. The molecule has 2 fully saturated rings. The standard InChI is InChI=1S/C20H30N2O5S/c1-3-22(4-2)28(24,25)18-8-5-17(6-9-18)7-10-19(23)21-13-11-20(12-14-21)26-15-16-27-20/h5-6,8-9H,3-4,7,10-16H2,1-2H3. The number of carbonyl (C=O) groups excluding carboxylic acids is 1. The molecule has 1 spiro atoms. The summed E-state index contributed by atoms with van der Waals surface area (Å²) in [6, 6.07) is 6.86. The van der Waals surface area contributed by atoms with Gasteiger partial charge in [-0.15, -0.1) is 0 Å². The van der Waals surface area contributed by atoms with E-state index in [2.05, 4.69) is 0 Å². The third-order valence-electron chi connectivity index (χ3n) is 5.59. The molecule has 1 aromatic rings. The Bertz CT molecular complexity index is 758. The Labute approximate surface area is 167 Å². The van der Waals surface area contributed by atoms with Gasteiger partial charge < -0.3 is 14.4 Å². The van der Waals surface area contributed by atoms with Crippen molar-refractivity contribution in [2.24, 2.45) is 0 Å². The summed E-state index contributed by atoms with van der Waals surface area (Å²) >= 11 is 0. The quantitative estimate of drug-likeness (QED) is 0.687. The van der Waals surface area contributed by atoms with E-state index in [4.69, 9.17) is 9.47 Å². The van der Waals surface area contributed by atoms with Gasteiger partial charge in [0, 0.05) is 45.4 Å². The lowest BCUT2D eigenvalue weighted by atomic mass is 10.0. The number of amides is 1. The maximum absolute atomic E-state index is 12.5. The van der Waals surface area contributed by atoms with Gasteiger partial charge in [0.2, 0.25) is 15.9 Å². The van der Waals surface area contributed by atoms with E-state index in [1.807, 2.05) is 18.7 Å². The van der Waals surface area contributed by atoms with Crippen LogP contribution < -0.4 is 0 Å². The summed E-state index contributed by atoms with van der Waals surface area (Å²) in [5.74, 6) is -0.351. The van der Waals surface area contributed by atoms with Gasteiger partial charge in [-0.3, -0.25) is 4.79 Å². The van der Waals surface area contributed by atoms with Crippen LogP contribution in [0.3, 0.4) is 0 Å². The van der Waals surface area contributed by atoms with E-state index in [1.54, 1.807) is 24.3 Å². The molecule has 0 aliphatic carbocycles. The molecule has 0 N–H and O–H groups in total. The fourth-order valence-corrected chi connectivity index (χ4v) is 5.29. The highest BCUT2D eigenvalue weighted by Crippen LogP contribution is 2.31. The lowest BCUT2D eigenvalue weighted by Gasteiger charge is -2.37. The Hall–Kier alpha value is -1.48. The summed E-state index contributed by atoms with van der Waals surface area (Å²) in [5, 5.41) is 0. The molecule has 28 heavy (non-hydrogen) atoms. The Balaban J connectivity index is 1.52. The number of rotatable bonds is 7.